The van der Waals surface area contributed by atoms with Gasteiger partial charge in [0.1, 0.15) is 0 Å². The number of amides is 1. The molecule has 0 aliphatic rings. The van der Waals surface area contributed by atoms with E-state index in [2.05, 4.69) is 37.6 Å². The zero-order chi connectivity index (χ0) is 17.6. The fourth-order valence-corrected chi connectivity index (χ4v) is 2.95. The zero-order valence-corrected chi connectivity index (χ0v) is 16.3. The van der Waals surface area contributed by atoms with E-state index in [4.69, 9.17) is 4.74 Å². The van der Waals surface area contributed by atoms with E-state index in [0.717, 1.165) is 25.2 Å². The zero-order valence-electron chi connectivity index (χ0n) is 15.5. The van der Waals surface area contributed by atoms with Gasteiger partial charge in [-0.1, -0.05) is 45.2 Å². The lowest BCUT2D eigenvalue weighted by Crippen LogP contribution is -2.27. The van der Waals surface area contributed by atoms with Gasteiger partial charge in [-0.15, -0.1) is 11.8 Å². The van der Waals surface area contributed by atoms with Gasteiger partial charge in [-0.05, 0) is 42.7 Å². The summed E-state index contributed by atoms with van der Waals surface area (Å²) in [5.74, 6) is 0.769. The number of rotatable bonds is 13. The Morgan fingerprint density at radius 3 is 2.58 bits per heavy atom. The van der Waals surface area contributed by atoms with E-state index < -0.39 is 0 Å². The normalized spacial score (nSPS) is 12.1. The molecule has 0 saturated carbocycles. The van der Waals surface area contributed by atoms with E-state index >= 15 is 0 Å². The fraction of sp³-hybridized carbons (Fsp3) is 0.650. The predicted molar refractivity (Wildman–Crippen MR) is 104 cm³/mol. The molecule has 1 amide bonds. The van der Waals surface area contributed by atoms with E-state index in [1.165, 1.54) is 30.6 Å². The first-order valence-electron chi connectivity index (χ1n) is 9.16. The minimum atomic E-state index is 0.0845. The summed E-state index contributed by atoms with van der Waals surface area (Å²) in [6, 6.07) is 8.17. The van der Waals surface area contributed by atoms with E-state index in [0.29, 0.717) is 18.9 Å². The molecule has 0 aliphatic heterocycles. The third-order valence-electron chi connectivity index (χ3n) is 4.21. The van der Waals surface area contributed by atoms with Crippen LogP contribution in [0.5, 0.6) is 0 Å². The van der Waals surface area contributed by atoms with Crippen LogP contribution in [-0.2, 0) is 16.0 Å². The Hall–Kier alpha value is -1.00. The minimum Gasteiger partial charge on any atom is -0.381 e. The Bertz CT molecular complexity index is 447. The average Bonchev–Trinajstić information content (AvgIpc) is 2.61. The molecule has 0 bridgehead atoms. The van der Waals surface area contributed by atoms with Crippen LogP contribution in [-0.4, -0.2) is 31.9 Å². The van der Waals surface area contributed by atoms with E-state index in [9.17, 15) is 4.79 Å². The second kappa shape index (κ2) is 13.3. The molecule has 136 valence electrons. The molecule has 24 heavy (non-hydrogen) atoms. The lowest BCUT2D eigenvalue weighted by Gasteiger charge is -2.14. The number of hydrogen-bond acceptors (Lipinski definition) is 3. The van der Waals surface area contributed by atoms with Gasteiger partial charge in [0.05, 0.1) is 6.42 Å². The topological polar surface area (TPSA) is 38.3 Å². The van der Waals surface area contributed by atoms with Crippen LogP contribution in [0, 0.1) is 5.92 Å². The number of carbonyl (C=O) groups is 1. The fourth-order valence-electron chi connectivity index (χ4n) is 2.54. The van der Waals surface area contributed by atoms with Gasteiger partial charge in [0, 0.05) is 24.7 Å². The van der Waals surface area contributed by atoms with Crippen LogP contribution < -0.4 is 5.32 Å². The molecule has 1 aromatic carbocycles. The first-order chi connectivity index (χ1) is 11.7. The highest BCUT2D eigenvalue weighted by atomic mass is 32.2. The monoisotopic (exact) mass is 351 g/mol. The van der Waals surface area contributed by atoms with Crippen molar-refractivity contribution >= 4 is 17.7 Å². The molecule has 0 heterocycles. The summed E-state index contributed by atoms with van der Waals surface area (Å²) >= 11 is 1.71. The van der Waals surface area contributed by atoms with Gasteiger partial charge in [0.15, 0.2) is 0 Å². The maximum Gasteiger partial charge on any atom is 0.224 e. The number of unbranched alkanes of at least 4 members (excludes halogenated alkanes) is 1. The van der Waals surface area contributed by atoms with Crippen molar-refractivity contribution in [2.45, 2.75) is 57.3 Å². The third-order valence-corrected chi connectivity index (χ3v) is 4.95. The van der Waals surface area contributed by atoms with Crippen molar-refractivity contribution in [1.29, 1.82) is 0 Å². The van der Waals surface area contributed by atoms with Crippen molar-refractivity contribution in [2.75, 3.05) is 26.0 Å². The maximum absolute atomic E-state index is 11.9. The molecule has 0 radical (unpaired) electrons. The van der Waals surface area contributed by atoms with Crippen molar-refractivity contribution < 1.29 is 9.53 Å². The molecule has 0 spiro atoms. The van der Waals surface area contributed by atoms with Crippen LogP contribution in [0.4, 0.5) is 0 Å². The van der Waals surface area contributed by atoms with Crippen molar-refractivity contribution in [2.24, 2.45) is 5.92 Å². The van der Waals surface area contributed by atoms with Crippen molar-refractivity contribution in [3.8, 4) is 0 Å². The van der Waals surface area contributed by atoms with E-state index in [-0.39, 0.29) is 5.91 Å². The molecule has 3 nitrogen and oxygen atoms in total. The summed E-state index contributed by atoms with van der Waals surface area (Å²) in [6.45, 7) is 6.73. The molecule has 1 aromatic rings. The highest BCUT2D eigenvalue weighted by Crippen LogP contribution is 2.15. The smallest absolute Gasteiger partial charge is 0.224 e. The largest absolute Gasteiger partial charge is 0.381 e. The van der Waals surface area contributed by atoms with Crippen LogP contribution >= 0.6 is 11.8 Å². The van der Waals surface area contributed by atoms with Gasteiger partial charge >= 0.3 is 0 Å². The molecule has 1 atom stereocenters. The van der Waals surface area contributed by atoms with Gasteiger partial charge in [-0.3, -0.25) is 4.79 Å². The minimum absolute atomic E-state index is 0.0845. The van der Waals surface area contributed by atoms with Crippen molar-refractivity contribution in [1.82, 2.24) is 5.32 Å². The number of benzene rings is 1. The standard InChI is InChI=1S/C20H33NO2S/c1-4-6-8-17(5-2)16-23-14-7-13-21-20(22)15-18-9-11-19(24-3)12-10-18/h9-12,17H,4-8,13-16H2,1-3H3,(H,21,22). The first kappa shape index (κ1) is 21.0. The summed E-state index contributed by atoms with van der Waals surface area (Å²) in [4.78, 5) is 13.1. The Balaban J connectivity index is 2.08. The van der Waals surface area contributed by atoms with E-state index in [1.807, 2.05) is 12.1 Å². The number of carbonyl (C=O) groups excluding carboxylic acids is 1. The Labute approximate surface area is 151 Å². The van der Waals surface area contributed by atoms with Gasteiger partial charge in [0.25, 0.3) is 0 Å². The molecular formula is C20H33NO2S. The molecule has 1 unspecified atom stereocenters. The molecule has 0 saturated heterocycles. The summed E-state index contributed by atoms with van der Waals surface area (Å²) in [6.07, 6.45) is 8.37. The molecule has 0 fully saturated rings. The SMILES string of the molecule is CCCCC(CC)COCCCNC(=O)Cc1ccc(SC)cc1. The van der Waals surface area contributed by atoms with Crippen LogP contribution in [0.2, 0.25) is 0 Å². The quantitative estimate of drug-likeness (QED) is 0.414. The van der Waals surface area contributed by atoms with Gasteiger partial charge in [0.2, 0.25) is 5.91 Å². The number of hydrogen-bond donors (Lipinski definition) is 1. The van der Waals surface area contributed by atoms with Gasteiger partial charge < -0.3 is 10.1 Å². The van der Waals surface area contributed by atoms with Crippen molar-refractivity contribution in [3.63, 3.8) is 0 Å². The molecule has 0 aliphatic carbocycles. The number of thioether (sulfide) groups is 1. The van der Waals surface area contributed by atoms with Crippen LogP contribution in [0.3, 0.4) is 0 Å². The Kier molecular flexibility index (Phi) is 11.7. The third kappa shape index (κ3) is 9.33. The van der Waals surface area contributed by atoms with E-state index in [1.54, 1.807) is 11.8 Å². The predicted octanol–water partition coefficient (Wildman–Crippen LogP) is 4.69. The number of nitrogens with one attached hydrogen (secondary N) is 1. The second-order valence-electron chi connectivity index (χ2n) is 6.22. The molecule has 0 aromatic heterocycles. The lowest BCUT2D eigenvalue weighted by atomic mass is 10.0. The van der Waals surface area contributed by atoms with Crippen molar-refractivity contribution in [3.05, 3.63) is 29.8 Å². The van der Waals surface area contributed by atoms with Crippen LogP contribution in [0.1, 0.15) is 51.5 Å². The summed E-state index contributed by atoms with van der Waals surface area (Å²) in [5, 5.41) is 2.97. The second-order valence-corrected chi connectivity index (χ2v) is 7.10. The average molecular weight is 352 g/mol. The highest BCUT2D eigenvalue weighted by Gasteiger charge is 2.06. The summed E-state index contributed by atoms with van der Waals surface area (Å²) in [5.41, 5.74) is 1.06. The molecule has 4 heteroatoms. The van der Waals surface area contributed by atoms with Crippen LogP contribution in [0.25, 0.3) is 0 Å². The highest BCUT2D eigenvalue weighted by molar-refractivity contribution is 7.98. The summed E-state index contributed by atoms with van der Waals surface area (Å²) < 4.78 is 5.76. The Morgan fingerprint density at radius 2 is 1.96 bits per heavy atom. The molecule has 1 N–H and O–H groups in total. The lowest BCUT2D eigenvalue weighted by molar-refractivity contribution is -0.120. The number of ether oxygens (including phenoxy) is 1. The maximum atomic E-state index is 11.9. The van der Waals surface area contributed by atoms with Gasteiger partial charge in [-0.25, -0.2) is 0 Å². The Morgan fingerprint density at radius 1 is 1.21 bits per heavy atom. The van der Waals surface area contributed by atoms with Gasteiger partial charge in [-0.2, -0.15) is 0 Å². The molecular weight excluding hydrogens is 318 g/mol. The summed E-state index contributed by atoms with van der Waals surface area (Å²) in [7, 11) is 0. The first-order valence-corrected chi connectivity index (χ1v) is 10.4. The molecule has 1 rings (SSSR count). The van der Waals surface area contributed by atoms with Crippen LogP contribution in [0.15, 0.2) is 29.2 Å².